The number of nitrogens with zero attached hydrogens (tertiary/aromatic N) is 2. The molecule has 0 fully saturated rings. The smallest absolute Gasteiger partial charge is 0.0885 e. The second kappa shape index (κ2) is 6.63. The number of hydrogen-bond acceptors (Lipinski definition) is 3. The van der Waals surface area contributed by atoms with Crippen molar-refractivity contribution < 1.29 is 0 Å². The minimum Gasteiger partial charge on any atom is -0.382 e. The van der Waals surface area contributed by atoms with Crippen LogP contribution < -0.4 is 10.2 Å². The number of para-hydroxylation sites is 2. The fraction of sp³-hybridized carbons (Fsp3) is 0.235. The van der Waals surface area contributed by atoms with Gasteiger partial charge in [0.05, 0.1) is 23.4 Å². The lowest BCUT2D eigenvalue weighted by molar-refractivity contribution is 0.899. The van der Waals surface area contributed by atoms with Crippen LogP contribution in [-0.2, 0) is 0 Å². The molecule has 0 spiro atoms. The van der Waals surface area contributed by atoms with Gasteiger partial charge in [0.25, 0.3) is 0 Å². The molecule has 0 radical (unpaired) electrons. The van der Waals surface area contributed by atoms with E-state index in [0.29, 0.717) is 6.54 Å². The SMILES string of the molecule is CN(C)c1ccccc1NCC(C#N)c1ccccc1. The molecule has 2 aromatic rings. The van der Waals surface area contributed by atoms with E-state index in [2.05, 4.69) is 22.4 Å². The second-order valence-electron chi connectivity index (χ2n) is 4.88. The Morgan fingerprint density at radius 2 is 1.70 bits per heavy atom. The van der Waals surface area contributed by atoms with E-state index < -0.39 is 0 Å². The number of anilines is 2. The van der Waals surface area contributed by atoms with Crippen molar-refractivity contribution in [2.45, 2.75) is 5.92 Å². The van der Waals surface area contributed by atoms with Crippen molar-refractivity contribution in [1.82, 2.24) is 0 Å². The van der Waals surface area contributed by atoms with E-state index in [-0.39, 0.29) is 5.92 Å². The molecule has 1 unspecified atom stereocenters. The molecule has 3 heteroatoms. The zero-order valence-electron chi connectivity index (χ0n) is 11.9. The highest BCUT2D eigenvalue weighted by atomic mass is 15.1. The predicted octanol–water partition coefficient (Wildman–Crippen LogP) is 3.47. The molecule has 0 saturated carbocycles. The molecule has 2 aromatic carbocycles. The summed E-state index contributed by atoms with van der Waals surface area (Å²) >= 11 is 0. The van der Waals surface area contributed by atoms with Gasteiger partial charge in [0.1, 0.15) is 0 Å². The first-order chi connectivity index (χ1) is 9.72. The summed E-state index contributed by atoms with van der Waals surface area (Å²) in [6, 6.07) is 20.4. The molecule has 1 atom stereocenters. The Labute approximate surface area is 120 Å². The lowest BCUT2D eigenvalue weighted by atomic mass is 10.0. The predicted molar refractivity (Wildman–Crippen MR) is 84.1 cm³/mol. The van der Waals surface area contributed by atoms with Gasteiger partial charge in [0.15, 0.2) is 0 Å². The normalized spacial score (nSPS) is 11.4. The van der Waals surface area contributed by atoms with Crippen LogP contribution in [0.15, 0.2) is 54.6 Å². The third-order valence-electron chi connectivity index (χ3n) is 3.24. The molecule has 0 heterocycles. The summed E-state index contributed by atoms with van der Waals surface area (Å²) in [5.74, 6) is -0.147. The van der Waals surface area contributed by atoms with Crippen molar-refractivity contribution >= 4 is 11.4 Å². The van der Waals surface area contributed by atoms with Gasteiger partial charge in [-0.2, -0.15) is 5.26 Å². The van der Waals surface area contributed by atoms with Crippen LogP contribution >= 0.6 is 0 Å². The summed E-state index contributed by atoms with van der Waals surface area (Å²) in [5, 5.41) is 12.7. The molecule has 0 aliphatic heterocycles. The van der Waals surface area contributed by atoms with Crippen LogP contribution in [0.5, 0.6) is 0 Å². The fourth-order valence-corrected chi connectivity index (χ4v) is 2.15. The summed E-state index contributed by atoms with van der Waals surface area (Å²) < 4.78 is 0. The van der Waals surface area contributed by atoms with E-state index in [4.69, 9.17) is 0 Å². The van der Waals surface area contributed by atoms with E-state index in [1.807, 2.05) is 62.6 Å². The number of rotatable bonds is 5. The van der Waals surface area contributed by atoms with Crippen LogP contribution in [-0.4, -0.2) is 20.6 Å². The lowest BCUT2D eigenvalue weighted by Gasteiger charge is -2.19. The van der Waals surface area contributed by atoms with Crippen molar-refractivity contribution in [3.8, 4) is 6.07 Å². The first-order valence-electron chi connectivity index (χ1n) is 6.67. The molecule has 0 aromatic heterocycles. The summed E-state index contributed by atoms with van der Waals surface area (Å²) in [7, 11) is 4.03. The first-order valence-corrected chi connectivity index (χ1v) is 6.67. The number of nitrogens with one attached hydrogen (secondary N) is 1. The van der Waals surface area contributed by atoms with Gasteiger partial charge in [-0.1, -0.05) is 42.5 Å². The van der Waals surface area contributed by atoms with Crippen LogP contribution in [0.25, 0.3) is 0 Å². The van der Waals surface area contributed by atoms with Crippen LogP contribution in [0, 0.1) is 11.3 Å². The Morgan fingerprint density at radius 3 is 2.35 bits per heavy atom. The molecule has 0 aliphatic rings. The quantitative estimate of drug-likeness (QED) is 0.899. The highest BCUT2D eigenvalue weighted by molar-refractivity contribution is 5.69. The molecule has 102 valence electrons. The minimum atomic E-state index is -0.147. The minimum absolute atomic E-state index is 0.147. The molecule has 0 bridgehead atoms. The fourth-order valence-electron chi connectivity index (χ4n) is 2.15. The van der Waals surface area contributed by atoms with Gasteiger partial charge in [-0.3, -0.25) is 0 Å². The average molecular weight is 265 g/mol. The zero-order chi connectivity index (χ0) is 14.4. The molecule has 2 rings (SSSR count). The molecular weight excluding hydrogens is 246 g/mol. The van der Waals surface area contributed by atoms with Gasteiger partial charge in [-0.15, -0.1) is 0 Å². The molecular formula is C17H19N3. The van der Waals surface area contributed by atoms with Gasteiger partial charge in [-0.05, 0) is 17.7 Å². The van der Waals surface area contributed by atoms with Crippen molar-refractivity contribution in [2.24, 2.45) is 0 Å². The Balaban J connectivity index is 2.10. The molecule has 1 N–H and O–H groups in total. The van der Waals surface area contributed by atoms with Crippen molar-refractivity contribution in [3.63, 3.8) is 0 Å². The third kappa shape index (κ3) is 3.30. The monoisotopic (exact) mass is 265 g/mol. The van der Waals surface area contributed by atoms with E-state index in [0.717, 1.165) is 16.9 Å². The molecule has 0 amide bonds. The highest BCUT2D eigenvalue weighted by Crippen LogP contribution is 2.24. The van der Waals surface area contributed by atoms with Gasteiger partial charge in [0.2, 0.25) is 0 Å². The van der Waals surface area contributed by atoms with Crippen molar-refractivity contribution in [2.75, 3.05) is 30.9 Å². The Kier molecular flexibility index (Phi) is 4.62. The van der Waals surface area contributed by atoms with Gasteiger partial charge < -0.3 is 10.2 Å². The van der Waals surface area contributed by atoms with Gasteiger partial charge in [0, 0.05) is 20.6 Å². The zero-order valence-corrected chi connectivity index (χ0v) is 11.9. The maximum Gasteiger partial charge on any atom is 0.0885 e. The molecule has 0 saturated heterocycles. The van der Waals surface area contributed by atoms with Crippen LogP contribution in [0.2, 0.25) is 0 Å². The molecule has 0 aliphatic carbocycles. The van der Waals surface area contributed by atoms with Crippen LogP contribution in [0.1, 0.15) is 11.5 Å². The Morgan fingerprint density at radius 1 is 1.05 bits per heavy atom. The van der Waals surface area contributed by atoms with E-state index in [1.165, 1.54) is 0 Å². The maximum atomic E-state index is 9.34. The molecule has 20 heavy (non-hydrogen) atoms. The summed E-state index contributed by atoms with van der Waals surface area (Å²) in [5.41, 5.74) is 3.22. The standard InChI is InChI=1S/C17H19N3/c1-20(2)17-11-7-6-10-16(17)19-13-15(12-18)14-8-4-3-5-9-14/h3-11,15,19H,13H2,1-2H3. The Bertz CT molecular complexity index is 585. The summed E-state index contributed by atoms with van der Waals surface area (Å²) in [6.07, 6.45) is 0. The topological polar surface area (TPSA) is 39.1 Å². The average Bonchev–Trinajstić information content (AvgIpc) is 2.49. The second-order valence-corrected chi connectivity index (χ2v) is 4.88. The maximum absolute atomic E-state index is 9.34. The van der Waals surface area contributed by atoms with Crippen LogP contribution in [0.4, 0.5) is 11.4 Å². The van der Waals surface area contributed by atoms with Gasteiger partial charge in [-0.25, -0.2) is 0 Å². The third-order valence-corrected chi connectivity index (χ3v) is 3.24. The van der Waals surface area contributed by atoms with E-state index >= 15 is 0 Å². The van der Waals surface area contributed by atoms with Crippen LogP contribution in [0.3, 0.4) is 0 Å². The van der Waals surface area contributed by atoms with Crippen molar-refractivity contribution in [1.29, 1.82) is 5.26 Å². The molecule has 3 nitrogen and oxygen atoms in total. The Hall–Kier alpha value is -2.47. The summed E-state index contributed by atoms with van der Waals surface area (Å²) in [4.78, 5) is 2.06. The van der Waals surface area contributed by atoms with Crippen molar-refractivity contribution in [3.05, 3.63) is 60.2 Å². The lowest BCUT2D eigenvalue weighted by Crippen LogP contribution is -2.15. The first kappa shape index (κ1) is 14.0. The summed E-state index contributed by atoms with van der Waals surface area (Å²) in [6.45, 7) is 0.603. The number of hydrogen-bond donors (Lipinski definition) is 1. The van der Waals surface area contributed by atoms with Gasteiger partial charge >= 0.3 is 0 Å². The van der Waals surface area contributed by atoms with E-state index in [9.17, 15) is 5.26 Å². The number of benzene rings is 2. The van der Waals surface area contributed by atoms with E-state index in [1.54, 1.807) is 0 Å². The largest absolute Gasteiger partial charge is 0.382 e. The highest BCUT2D eigenvalue weighted by Gasteiger charge is 2.11. The number of nitriles is 1.